The van der Waals surface area contributed by atoms with Crippen LogP contribution in [-0.4, -0.2) is 32.8 Å². The number of amidine groups is 1. The second-order valence-corrected chi connectivity index (χ2v) is 5.71. The number of halogens is 1. The number of esters is 1. The number of ether oxygens (including phenoxy) is 1. The number of hydrogen-bond donors (Lipinski definition) is 5. The van der Waals surface area contributed by atoms with Crippen LogP contribution in [0.1, 0.15) is 50.1 Å². The van der Waals surface area contributed by atoms with Gasteiger partial charge in [0, 0.05) is 12.2 Å². The van der Waals surface area contributed by atoms with Gasteiger partial charge in [-0.3, -0.25) is 10.2 Å². The number of aliphatic hydroxyl groups is 1. The molecule has 1 aromatic rings. The first-order chi connectivity index (χ1) is 10.4. The molecule has 0 saturated carbocycles. The van der Waals surface area contributed by atoms with Gasteiger partial charge in [0.05, 0.1) is 24.1 Å². The third kappa shape index (κ3) is 8.10. The molecule has 1 atom stereocenters. The van der Waals surface area contributed by atoms with Crippen molar-refractivity contribution >= 4 is 35.3 Å². The first kappa shape index (κ1) is 21.6. The fourth-order valence-corrected chi connectivity index (χ4v) is 2.49. The van der Waals surface area contributed by atoms with E-state index in [-0.39, 0.29) is 23.5 Å². The first-order valence-corrected chi connectivity index (χ1v) is 8.04. The minimum atomic E-state index is -0.830. The van der Waals surface area contributed by atoms with Crippen molar-refractivity contribution in [2.24, 2.45) is 5.73 Å². The maximum Gasteiger partial charge on any atom is 0.323 e. The first-order valence-electron chi connectivity index (χ1n) is 7.05. The predicted molar refractivity (Wildman–Crippen MR) is 91.9 cm³/mol. The molecule has 0 radical (unpaired) electrons. The summed E-state index contributed by atoms with van der Waals surface area (Å²) >= 11 is 1.07. The Hall–Kier alpha value is -1.45. The van der Waals surface area contributed by atoms with Crippen LogP contribution in [0.15, 0.2) is 4.79 Å². The number of hydrogen-bond acceptors (Lipinski definition) is 6. The Morgan fingerprint density at radius 1 is 1.43 bits per heavy atom. The van der Waals surface area contributed by atoms with Gasteiger partial charge in [-0.25, -0.2) is 4.79 Å². The average molecular weight is 367 g/mol. The van der Waals surface area contributed by atoms with E-state index in [0.29, 0.717) is 49.4 Å². The van der Waals surface area contributed by atoms with E-state index in [0.717, 1.165) is 11.8 Å². The minimum absolute atomic E-state index is 0. The molecule has 8 nitrogen and oxygen atoms in total. The van der Waals surface area contributed by atoms with Crippen LogP contribution in [0.3, 0.4) is 0 Å². The zero-order valence-electron chi connectivity index (χ0n) is 12.9. The lowest BCUT2D eigenvalue weighted by molar-refractivity contribution is -0.143. The summed E-state index contributed by atoms with van der Waals surface area (Å²) in [6.07, 6.45) is 1.15. The van der Waals surface area contributed by atoms with Crippen molar-refractivity contribution in [3.8, 4) is 0 Å². The van der Waals surface area contributed by atoms with Gasteiger partial charge in [-0.1, -0.05) is 11.8 Å². The minimum Gasteiger partial charge on any atom is -0.466 e. The summed E-state index contributed by atoms with van der Waals surface area (Å²) in [6, 6.07) is 0. The Labute approximate surface area is 144 Å². The molecular weight excluding hydrogens is 344 g/mol. The SMILES string of the molecule is CCOC(=O)CCCCC(O)c1[nH]c(=O)[nH]c1CSC(=N)N.Cl. The van der Waals surface area contributed by atoms with Gasteiger partial charge >= 0.3 is 11.7 Å². The van der Waals surface area contributed by atoms with E-state index < -0.39 is 11.8 Å². The number of nitrogens with one attached hydrogen (secondary N) is 3. The van der Waals surface area contributed by atoms with Gasteiger partial charge in [-0.2, -0.15) is 0 Å². The zero-order valence-corrected chi connectivity index (χ0v) is 14.5. The van der Waals surface area contributed by atoms with Crippen LogP contribution >= 0.6 is 24.2 Å². The number of thioether (sulfide) groups is 1. The number of aromatic amines is 2. The molecule has 1 aromatic heterocycles. The number of H-pyrrole nitrogens is 2. The van der Waals surface area contributed by atoms with Gasteiger partial charge in [-0.05, 0) is 26.2 Å². The molecule has 1 heterocycles. The van der Waals surface area contributed by atoms with Gasteiger partial charge in [0.25, 0.3) is 0 Å². The summed E-state index contributed by atoms with van der Waals surface area (Å²) in [5.41, 5.74) is 5.80. The van der Waals surface area contributed by atoms with Crippen molar-refractivity contribution in [3.05, 3.63) is 21.9 Å². The monoisotopic (exact) mass is 366 g/mol. The maximum atomic E-state index is 11.4. The number of nitrogens with two attached hydrogens (primary N) is 1. The average Bonchev–Trinajstić information content (AvgIpc) is 2.82. The van der Waals surface area contributed by atoms with E-state index in [9.17, 15) is 14.7 Å². The summed E-state index contributed by atoms with van der Waals surface area (Å²) < 4.78 is 4.82. The molecule has 0 aliphatic rings. The molecule has 6 N–H and O–H groups in total. The highest BCUT2D eigenvalue weighted by molar-refractivity contribution is 8.13. The number of imidazole rings is 1. The van der Waals surface area contributed by atoms with Crippen molar-refractivity contribution in [2.45, 2.75) is 44.5 Å². The Kier molecular flexibility index (Phi) is 10.4. The molecule has 0 fully saturated rings. The normalized spacial score (nSPS) is 11.6. The Bertz CT molecular complexity index is 560. The van der Waals surface area contributed by atoms with E-state index in [1.165, 1.54) is 0 Å². The predicted octanol–water partition coefficient (Wildman–Crippen LogP) is 1.41. The Balaban J connectivity index is 0.00000484. The molecular formula is C13H23ClN4O4S. The van der Waals surface area contributed by atoms with Crippen LogP contribution < -0.4 is 11.4 Å². The molecule has 0 aliphatic carbocycles. The number of aromatic nitrogens is 2. The number of unbranched alkanes of at least 4 members (excludes halogenated alkanes) is 1. The number of aliphatic hydroxyl groups excluding tert-OH is 1. The van der Waals surface area contributed by atoms with E-state index in [1.807, 2.05) is 0 Å². The molecule has 0 aliphatic heterocycles. The second-order valence-electron chi connectivity index (χ2n) is 4.69. The molecule has 10 heteroatoms. The fourth-order valence-electron chi connectivity index (χ4n) is 1.97. The molecule has 1 rings (SSSR count). The smallest absolute Gasteiger partial charge is 0.323 e. The third-order valence-electron chi connectivity index (χ3n) is 2.96. The van der Waals surface area contributed by atoms with Crippen molar-refractivity contribution in [1.82, 2.24) is 9.97 Å². The molecule has 0 amide bonds. The molecule has 1 unspecified atom stereocenters. The standard InChI is InChI=1S/C13H22N4O4S.ClH/c1-2-21-10(19)6-4-3-5-9(18)11-8(7-22-12(14)15)16-13(20)17-11;/h9,18H,2-7H2,1H3,(H3,14,15)(H2,16,17,20);1H. The molecule has 132 valence electrons. The van der Waals surface area contributed by atoms with Crippen LogP contribution in [0.4, 0.5) is 0 Å². The lowest BCUT2D eigenvalue weighted by atomic mass is 10.1. The van der Waals surface area contributed by atoms with Gasteiger partial charge in [-0.15, -0.1) is 12.4 Å². The lowest BCUT2D eigenvalue weighted by Gasteiger charge is -2.10. The highest BCUT2D eigenvalue weighted by Gasteiger charge is 2.16. The van der Waals surface area contributed by atoms with Crippen LogP contribution in [-0.2, 0) is 15.3 Å². The summed E-state index contributed by atoms with van der Waals surface area (Å²) in [5, 5.41) is 17.3. The molecule has 0 bridgehead atoms. The van der Waals surface area contributed by atoms with Crippen LogP contribution in [0.25, 0.3) is 0 Å². The molecule has 0 saturated heterocycles. The lowest BCUT2D eigenvalue weighted by Crippen LogP contribution is -2.07. The summed E-state index contributed by atoms with van der Waals surface area (Å²) in [5.74, 6) is 0.0640. The zero-order chi connectivity index (χ0) is 16.5. The van der Waals surface area contributed by atoms with E-state index >= 15 is 0 Å². The topological polar surface area (TPSA) is 145 Å². The van der Waals surface area contributed by atoms with E-state index in [4.69, 9.17) is 15.9 Å². The number of carbonyl (C=O) groups is 1. The highest BCUT2D eigenvalue weighted by atomic mass is 35.5. The Morgan fingerprint density at radius 3 is 2.74 bits per heavy atom. The van der Waals surface area contributed by atoms with Crippen LogP contribution in [0.2, 0.25) is 0 Å². The number of carbonyl (C=O) groups excluding carboxylic acids is 1. The number of rotatable bonds is 9. The maximum absolute atomic E-state index is 11.4. The quantitative estimate of drug-likeness (QED) is 0.193. The van der Waals surface area contributed by atoms with Gasteiger partial charge in [0.1, 0.15) is 0 Å². The summed E-state index contributed by atoms with van der Waals surface area (Å²) in [7, 11) is 0. The fraction of sp³-hybridized carbons (Fsp3) is 0.615. The third-order valence-corrected chi connectivity index (χ3v) is 3.70. The molecule has 0 spiro atoms. The molecule has 0 aromatic carbocycles. The second kappa shape index (κ2) is 11.1. The van der Waals surface area contributed by atoms with E-state index in [2.05, 4.69) is 9.97 Å². The van der Waals surface area contributed by atoms with Gasteiger partial charge in [0.2, 0.25) is 0 Å². The van der Waals surface area contributed by atoms with E-state index in [1.54, 1.807) is 6.92 Å². The van der Waals surface area contributed by atoms with Gasteiger partial charge in [0.15, 0.2) is 5.17 Å². The van der Waals surface area contributed by atoms with Crippen LogP contribution in [0, 0.1) is 5.41 Å². The highest BCUT2D eigenvalue weighted by Crippen LogP contribution is 2.22. The largest absolute Gasteiger partial charge is 0.466 e. The summed E-state index contributed by atoms with van der Waals surface area (Å²) in [6.45, 7) is 2.12. The van der Waals surface area contributed by atoms with Gasteiger partial charge < -0.3 is 25.5 Å². The van der Waals surface area contributed by atoms with Crippen molar-refractivity contribution in [3.63, 3.8) is 0 Å². The van der Waals surface area contributed by atoms with Crippen molar-refractivity contribution < 1.29 is 14.6 Å². The van der Waals surface area contributed by atoms with Crippen molar-refractivity contribution in [2.75, 3.05) is 6.61 Å². The Morgan fingerprint density at radius 2 is 2.13 bits per heavy atom. The van der Waals surface area contributed by atoms with Crippen LogP contribution in [0.5, 0.6) is 0 Å². The molecule has 23 heavy (non-hydrogen) atoms. The summed E-state index contributed by atoms with van der Waals surface area (Å²) in [4.78, 5) is 27.7. The van der Waals surface area contributed by atoms with Crippen molar-refractivity contribution in [1.29, 1.82) is 5.41 Å².